The van der Waals surface area contributed by atoms with Gasteiger partial charge < -0.3 is 5.11 Å². The van der Waals surface area contributed by atoms with Crippen molar-refractivity contribution in [2.45, 2.75) is 52.1 Å². The Bertz CT molecular complexity index is 748. The second-order valence-electron chi connectivity index (χ2n) is 9.24. The highest BCUT2D eigenvalue weighted by molar-refractivity contribution is 7.96. The maximum absolute atomic E-state index is 14.5. The zero-order valence-electron chi connectivity index (χ0n) is 15.6. The molecule has 1 N–H and O–H groups in total. The summed E-state index contributed by atoms with van der Waals surface area (Å²) in [6.07, 6.45) is 3.26. The molecule has 0 aromatic carbocycles. The highest BCUT2D eigenvalue weighted by atomic mass is 32.1. The monoisotopic (exact) mass is 396 g/mol. The molecule has 0 aromatic heterocycles. The maximum atomic E-state index is 14.5. The average molecular weight is 396 g/mol. The summed E-state index contributed by atoms with van der Waals surface area (Å²) in [5, 5.41) is 10.6. The standard InChI is InChI=1S/C21H26F2O3S/c1-10-7-14-13-4-3-11-8-12(24)5-6-20(11,2)17(13)15(25)9-21(14,19(22)23)16(10)18(26)27/h5-6,8,10,13-17,19,25H,3-4,7,9H2,1-2H3,(H,26,27)/t10-,13+,14+,15+,16-,17-,20+,21-/m1/s1. The molecular weight excluding hydrogens is 370 g/mol. The van der Waals surface area contributed by atoms with Gasteiger partial charge in [-0.05, 0) is 55.6 Å². The highest BCUT2D eigenvalue weighted by Gasteiger charge is 2.69. The van der Waals surface area contributed by atoms with E-state index >= 15 is 0 Å². The van der Waals surface area contributed by atoms with Gasteiger partial charge in [0, 0.05) is 22.7 Å². The Morgan fingerprint density at radius 3 is 2.74 bits per heavy atom. The lowest BCUT2D eigenvalue weighted by molar-refractivity contribution is -0.177. The summed E-state index contributed by atoms with van der Waals surface area (Å²) in [5.74, 6) is -1.67. The van der Waals surface area contributed by atoms with Crippen LogP contribution >= 0.6 is 12.6 Å². The van der Waals surface area contributed by atoms with E-state index in [4.69, 9.17) is 0 Å². The molecule has 0 amide bonds. The van der Waals surface area contributed by atoms with Gasteiger partial charge in [0.15, 0.2) is 10.9 Å². The third-order valence-corrected chi connectivity index (χ3v) is 8.41. The summed E-state index contributed by atoms with van der Waals surface area (Å²) in [6.45, 7) is 3.87. The zero-order valence-corrected chi connectivity index (χ0v) is 16.5. The number of carbonyl (C=O) groups is 2. The Labute approximate surface area is 163 Å². The molecule has 0 saturated heterocycles. The summed E-state index contributed by atoms with van der Waals surface area (Å²) in [4.78, 5) is 24.0. The van der Waals surface area contributed by atoms with Crippen LogP contribution in [0.25, 0.3) is 0 Å². The molecule has 3 fully saturated rings. The van der Waals surface area contributed by atoms with Gasteiger partial charge in [0.25, 0.3) is 0 Å². The number of rotatable bonds is 2. The van der Waals surface area contributed by atoms with Gasteiger partial charge in [-0.2, -0.15) is 0 Å². The summed E-state index contributed by atoms with van der Waals surface area (Å²) in [7, 11) is 0. The van der Waals surface area contributed by atoms with Crippen LogP contribution in [-0.4, -0.2) is 28.5 Å². The van der Waals surface area contributed by atoms with Crippen molar-refractivity contribution >= 4 is 23.5 Å². The molecule has 0 heterocycles. The van der Waals surface area contributed by atoms with Gasteiger partial charge in [0.1, 0.15) is 0 Å². The number of allylic oxidation sites excluding steroid dienone is 4. The van der Waals surface area contributed by atoms with E-state index in [1.165, 1.54) is 6.08 Å². The first-order chi connectivity index (χ1) is 12.6. The molecule has 3 nitrogen and oxygen atoms in total. The van der Waals surface area contributed by atoms with Gasteiger partial charge in [-0.25, -0.2) is 8.78 Å². The molecular formula is C21H26F2O3S. The van der Waals surface area contributed by atoms with Gasteiger partial charge in [0.2, 0.25) is 6.43 Å². The first kappa shape index (κ1) is 19.3. The molecule has 148 valence electrons. The van der Waals surface area contributed by atoms with Gasteiger partial charge >= 0.3 is 0 Å². The molecule has 3 saturated carbocycles. The first-order valence-electron chi connectivity index (χ1n) is 9.76. The van der Waals surface area contributed by atoms with Gasteiger partial charge in [-0.15, -0.1) is 12.6 Å². The van der Waals surface area contributed by atoms with Crippen molar-refractivity contribution in [1.29, 1.82) is 0 Å². The number of aliphatic hydroxyl groups excluding tert-OH is 1. The van der Waals surface area contributed by atoms with Crippen LogP contribution in [0.1, 0.15) is 39.5 Å². The fourth-order valence-electron chi connectivity index (χ4n) is 7.20. The van der Waals surface area contributed by atoms with Gasteiger partial charge in [-0.1, -0.05) is 25.5 Å². The topological polar surface area (TPSA) is 54.4 Å². The SMILES string of the molecule is C[C@@H]1C[C@H]2[C@@H]3CCC4=CC(=O)C=C[C@]4(C)[C@H]3[C@@H](O)C[C@]2(C(F)F)[C@H]1C(=O)S. The molecule has 0 aliphatic heterocycles. The van der Waals surface area contributed by atoms with E-state index in [2.05, 4.69) is 12.6 Å². The normalized spacial score (nSPS) is 48.7. The van der Waals surface area contributed by atoms with Crippen LogP contribution in [0.5, 0.6) is 0 Å². The number of fused-ring (bicyclic) bond motifs is 5. The summed E-state index contributed by atoms with van der Waals surface area (Å²) in [6, 6.07) is 0. The molecule has 27 heavy (non-hydrogen) atoms. The van der Waals surface area contributed by atoms with Crippen molar-refractivity contribution in [3.8, 4) is 0 Å². The number of hydrogen-bond donors (Lipinski definition) is 2. The van der Waals surface area contributed by atoms with Crippen LogP contribution in [-0.2, 0) is 9.59 Å². The predicted molar refractivity (Wildman–Crippen MR) is 100 cm³/mol. The maximum Gasteiger partial charge on any atom is 0.245 e. The minimum absolute atomic E-state index is 0.0524. The molecule has 4 rings (SSSR count). The summed E-state index contributed by atoms with van der Waals surface area (Å²) in [5.41, 5.74) is -0.991. The minimum atomic E-state index is -2.67. The Kier molecular flexibility index (Phi) is 4.47. The third kappa shape index (κ3) is 2.48. The summed E-state index contributed by atoms with van der Waals surface area (Å²) >= 11 is 3.96. The number of carbonyl (C=O) groups excluding carboxylic acids is 2. The van der Waals surface area contributed by atoms with Crippen LogP contribution in [0, 0.1) is 40.4 Å². The molecule has 6 heteroatoms. The Morgan fingerprint density at radius 2 is 2.11 bits per heavy atom. The lowest BCUT2D eigenvalue weighted by atomic mass is 9.46. The number of hydrogen-bond acceptors (Lipinski definition) is 3. The van der Waals surface area contributed by atoms with Crippen LogP contribution in [0.15, 0.2) is 23.8 Å². The molecule has 0 radical (unpaired) electrons. The van der Waals surface area contributed by atoms with E-state index in [9.17, 15) is 23.5 Å². The Balaban J connectivity index is 1.80. The molecule has 0 aromatic rings. The van der Waals surface area contributed by atoms with Crippen molar-refractivity contribution in [2.75, 3.05) is 0 Å². The fourth-order valence-corrected chi connectivity index (χ4v) is 7.70. The molecule has 0 bridgehead atoms. The Morgan fingerprint density at radius 1 is 1.41 bits per heavy atom. The number of aliphatic hydroxyl groups is 1. The van der Waals surface area contributed by atoms with E-state index in [0.29, 0.717) is 19.3 Å². The van der Waals surface area contributed by atoms with Gasteiger partial charge in [0.05, 0.1) is 6.10 Å². The highest BCUT2D eigenvalue weighted by Crippen LogP contribution is 2.69. The number of thiol groups is 1. The Hall–Kier alpha value is -1.01. The lowest BCUT2D eigenvalue weighted by Crippen LogP contribution is -2.59. The smallest absolute Gasteiger partial charge is 0.245 e. The molecule has 0 spiro atoms. The third-order valence-electron chi connectivity index (χ3n) is 8.13. The largest absolute Gasteiger partial charge is 0.393 e. The van der Waals surface area contributed by atoms with Crippen LogP contribution in [0.2, 0.25) is 0 Å². The fraction of sp³-hybridized carbons (Fsp3) is 0.714. The second kappa shape index (κ2) is 6.24. The molecule has 0 unspecified atom stereocenters. The number of ketones is 1. The lowest BCUT2D eigenvalue weighted by Gasteiger charge is -2.59. The minimum Gasteiger partial charge on any atom is -0.393 e. The number of alkyl halides is 2. The quantitative estimate of drug-likeness (QED) is 0.698. The van der Waals surface area contributed by atoms with E-state index < -0.39 is 34.4 Å². The summed E-state index contributed by atoms with van der Waals surface area (Å²) < 4.78 is 29.0. The van der Waals surface area contributed by atoms with E-state index in [1.807, 2.05) is 19.9 Å². The number of halogens is 2. The predicted octanol–water partition coefficient (Wildman–Crippen LogP) is 3.83. The van der Waals surface area contributed by atoms with E-state index in [0.717, 1.165) is 5.57 Å². The van der Waals surface area contributed by atoms with E-state index in [-0.39, 0.29) is 35.9 Å². The van der Waals surface area contributed by atoms with Crippen molar-refractivity contribution in [2.24, 2.45) is 40.4 Å². The first-order valence-corrected chi connectivity index (χ1v) is 10.2. The van der Waals surface area contributed by atoms with Gasteiger partial charge in [-0.3, -0.25) is 9.59 Å². The molecule has 8 atom stereocenters. The van der Waals surface area contributed by atoms with Crippen molar-refractivity contribution in [1.82, 2.24) is 0 Å². The molecule has 4 aliphatic carbocycles. The van der Waals surface area contributed by atoms with Crippen molar-refractivity contribution in [3.63, 3.8) is 0 Å². The van der Waals surface area contributed by atoms with Crippen LogP contribution < -0.4 is 0 Å². The average Bonchev–Trinajstić information content (AvgIpc) is 2.88. The zero-order chi connectivity index (χ0) is 19.7. The second-order valence-corrected chi connectivity index (χ2v) is 9.68. The van der Waals surface area contributed by atoms with Crippen molar-refractivity contribution < 1.29 is 23.5 Å². The van der Waals surface area contributed by atoms with Crippen LogP contribution in [0.3, 0.4) is 0 Å². The van der Waals surface area contributed by atoms with Crippen molar-refractivity contribution in [3.05, 3.63) is 23.8 Å². The van der Waals surface area contributed by atoms with E-state index in [1.54, 1.807) is 6.08 Å². The molecule has 4 aliphatic rings. The van der Waals surface area contributed by atoms with Crippen LogP contribution in [0.4, 0.5) is 8.78 Å².